The van der Waals surface area contributed by atoms with Gasteiger partial charge in [0.1, 0.15) is 11.4 Å². The first kappa shape index (κ1) is 10.2. The van der Waals surface area contributed by atoms with E-state index >= 15 is 0 Å². The summed E-state index contributed by atoms with van der Waals surface area (Å²) in [6.07, 6.45) is 0. The maximum absolute atomic E-state index is 10.6. The van der Waals surface area contributed by atoms with Crippen LogP contribution in [-0.2, 0) is 0 Å². The van der Waals surface area contributed by atoms with Gasteiger partial charge in [-0.3, -0.25) is 10.1 Å². The summed E-state index contributed by atoms with van der Waals surface area (Å²) in [5.74, 6) is 0.313. The van der Waals surface area contributed by atoms with Gasteiger partial charge in [-0.2, -0.15) is 0 Å². The van der Waals surface area contributed by atoms with E-state index in [1.165, 1.54) is 13.0 Å². The molecule has 1 aromatic heterocycles. The predicted octanol–water partition coefficient (Wildman–Crippen LogP) is 1.28. The van der Waals surface area contributed by atoms with Crippen LogP contribution < -0.4 is 10.5 Å². The number of nitrogens with two attached hydrogens (primary N) is 1. The van der Waals surface area contributed by atoms with E-state index in [9.17, 15) is 10.1 Å². The average Bonchev–Trinajstić information content (AvgIpc) is 2.01. The van der Waals surface area contributed by atoms with E-state index in [4.69, 9.17) is 10.5 Å². The molecule has 6 nitrogen and oxygen atoms in total. The lowest BCUT2D eigenvalue weighted by Crippen LogP contribution is -2.03. The van der Waals surface area contributed by atoms with Crippen LogP contribution in [0.2, 0.25) is 0 Å². The Bertz CT molecular complexity index is 342. The molecule has 0 radical (unpaired) electrons. The van der Waals surface area contributed by atoms with E-state index in [1.54, 1.807) is 6.92 Å². The van der Waals surface area contributed by atoms with Crippen molar-refractivity contribution in [1.29, 1.82) is 0 Å². The van der Waals surface area contributed by atoms with Gasteiger partial charge in [0.25, 0.3) is 0 Å². The fraction of sp³-hybridized carbons (Fsp3) is 0.375. The van der Waals surface area contributed by atoms with Crippen LogP contribution in [0.1, 0.15) is 12.6 Å². The summed E-state index contributed by atoms with van der Waals surface area (Å²) >= 11 is 0. The Morgan fingerprint density at radius 3 is 2.79 bits per heavy atom. The molecule has 0 saturated heterocycles. The molecule has 0 bridgehead atoms. The van der Waals surface area contributed by atoms with Gasteiger partial charge in [-0.25, -0.2) is 4.98 Å². The topological polar surface area (TPSA) is 91.3 Å². The van der Waals surface area contributed by atoms with Crippen molar-refractivity contribution < 1.29 is 9.66 Å². The van der Waals surface area contributed by atoms with Crippen molar-refractivity contribution in [3.8, 4) is 5.88 Å². The molecule has 0 fully saturated rings. The van der Waals surface area contributed by atoms with E-state index in [-0.39, 0.29) is 17.1 Å². The Hall–Kier alpha value is -1.85. The predicted molar refractivity (Wildman–Crippen MR) is 51.2 cm³/mol. The highest BCUT2D eigenvalue weighted by Crippen LogP contribution is 2.27. The minimum absolute atomic E-state index is 0.0750. The zero-order valence-electron chi connectivity index (χ0n) is 7.98. The van der Waals surface area contributed by atoms with Gasteiger partial charge >= 0.3 is 5.69 Å². The SMILES string of the molecule is CCOc1cc(N)c([N+](=O)[O-])c(C)n1. The van der Waals surface area contributed by atoms with Gasteiger partial charge in [0.15, 0.2) is 0 Å². The molecule has 0 atom stereocenters. The average molecular weight is 197 g/mol. The van der Waals surface area contributed by atoms with Gasteiger partial charge < -0.3 is 10.5 Å². The number of ether oxygens (including phenoxy) is 1. The van der Waals surface area contributed by atoms with Crippen LogP contribution in [0.25, 0.3) is 0 Å². The highest BCUT2D eigenvalue weighted by molar-refractivity contribution is 5.61. The molecule has 76 valence electrons. The van der Waals surface area contributed by atoms with Crippen molar-refractivity contribution in [3.63, 3.8) is 0 Å². The lowest BCUT2D eigenvalue weighted by atomic mass is 10.3. The Morgan fingerprint density at radius 1 is 1.71 bits per heavy atom. The second-order valence-electron chi connectivity index (χ2n) is 2.67. The van der Waals surface area contributed by atoms with Crippen molar-refractivity contribution >= 4 is 11.4 Å². The molecule has 1 aromatic rings. The zero-order chi connectivity index (χ0) is 10.7. The summed E-state index contributed by atoms with van der Waals surface area (Å²) in [7, 11) is 0. The minimum atomic E-state index is -0.548. The molecular formula is C8H11N3O3. The summed E-state index contributed by atoms with van der Waals surface area (Å²) in [5, 5.41) is 10.6. The number of aromatic nitrogens is 1. The van der Waals surface area contributed by atoms with Crippen molar-refractivity contribution in [2.45, 2.75) is 13.8 Å². The number of nitrogen functional groups attached to an aromatic ring is 1. The number of anilines is 1. The summed E-state index contributed by atoms with van der Waals surface area (Å²) in [4.78, 5) is 13.9. The Balaban J connectivity index is 3.18. The van der Waals surface area contributed by atoms with Gasteiger partial charge in [0.2, 0.25) is 5.88 Å². The van der Waals surface area contributed by atoms with Crippen molar-refractivity contribution in [2.75, 3.05) is 12.3 Å². The number of aryl methyl sites for hydroxylation is 1. The summed E-state index contributed by atoms with van der Waals surface area (Å²) < 4.78 is 5.09. The smallest absolute Gasteiger partial charge is 0.313 e. The van der Waals surface area contributed by atoms with Gasteiger partial charge in [-0.05, 0) is 13.8 Å². The molecule has 0 spiro atoms. The molecule has 0 aromatic carbocycles. The number of nitrogens with zero attached hydrogens (tertiary/aromatic N) is 2. The quantitative estimate of drug-likeness (QED) is 0.582. The van der Waals surface area contributed by atoms with Gasteiger partial charge in [-0.15, -0.1) is 0 Å². The van der Waals surface area contributed by atoms with E-state index < -0.39 is 4.92 Å². The van der Waals surface area contributed by atoms with E-state index in [2.05, 4.69) is 4.98 Å². The van der Waals surface area contributed by atoms with Crippen molar-refractivity contribution in [1.82, 2.24) is 4.98 Å². The van der Waals surface area contributed by atoms with Crippen LogP contribution in [-0.4, -0.2) is 16.5 Å². The molecule has 1 rings (SSSR count). The Kier molecular flexibility index (Phi) is 2.85. The van der Waals surface area contributed by atoms with Crippen LogP contribution in [0.4, 0.5) is 11.4 Å². The summed E-state index contributed by atoms with van der Waals surface area (Å²) in [6.45, 7) is 3.77. The molecule has 0 aliphatic rings. The number of pyridine rings is 1. The zero-order valence-corrected chi connectivity index (χ0v) is 7.98. The maximum atomic E-state index is 10.6. The van der Waals surface area contributed by atoms with E-state index in [0.29, 0.717) is 12.5 Å². The molecule has 14 heavy (non-hydrogen) atoms. The molecule has 2 N–H and O–H groups in total. The first-order valence-electron chi connectivity index (χ1n) is 4.10. The van der Waals surface area contributed by atoms with Crippen molar-refractivity contribution in [2.24, 2.45) is 0 Å². The summed E-state index contributed by atoms with van der Waals surface area (Å²) in [6, 6.07) is 1.36. The fourth-order valence-corrected chi connectivity index (χ4v) is 1.12. The molecular weight excluding hydrogens is 186 g/mol. The first-order chi connectivity index (χ1) is 6.56. The second kappa shape index (κ2) is 3.91. The van der Waals surface area contributed by atoms with Crippen LogP contribution >= 0.6 is 0 Å². The minimum Gasteiger partial charge on any atom is -0.478 e. The monoisotopic (exact) mass is 197 g/mol. The number of nitro groups is 1. The fourth-order valence-electron chi connectivity index (χ4n) is 1.12. The second-order valence-corrected chi connectivity index (χ2v) is 2.67. The van der Waals surface area contributed by atoms with Crippen LogP contribution in [0.5, 0.6) is 5.88 Å². The Labute approximate surface area is 80.9 Å². The summed E-state index contributed by atoms with van der Waals surface area (Å²) in [5.41, 5.74) is 5.67. The third-order valence-corrected chi connectivity index (χ3v) is 1.65. The number of rotatable bonds is 3. The largest absolute Gasteiger partial charge is 0.478 e. The third-order valence-electron chi connectivity index (χ3n) is 1.65. The van der Waals surface area contributed by atoms with Crippen LogP contribution in [0.15, 0.2) is 6.07 Å². The number of hydrogen-bond donors (Lipinski definition) is 1. The van der Waals surface area contributed by atoms with Gasteiger partial charge in [0, 0.05) is 6.07 Å². The molecule has 6 heteroatoms. The molecule has 0 unspecified atom stereocenters. The highest BCUT2D eigenvalue weighted by atomic mass is 16.6. The third kappa shape index (κ3) is 1.90. The van der Waals surface area contributed by atoms with Gasteiger partial charge in [0.05, 0.1) is 11.5 Å². The number of hydrogen-bond acceptors (Lipinski definition) is 5. The molecule has 0 aliphatic carbocycles. The highest BCUT2D eigenvalue weighted by Gasteiger charge is 2.18. The lowest BCUT2D eigenvalue weighted by Gasteiger charge is -2.05. The lowest BCUT2D eigenvalue weighted by molar-refractivity contribution is -0.384. The molecule has 1 heterocycles. The van der Waals surface area contributed by atoms with Crippen LogP contribution in [0, 0.1) is 17.0 Å². The van der Waals surface area contributed by atoms with E-state index in [1.807, 2.05) is 0 Å². The molecule has 0 aliphatic heterocycles. The standard InChI is InChI=1S/C8H11N3O3/c1-3-14-7-4-6(9)8(11(12)13)5(2)10-7/h4H,3H2,1-2H3,(H2,9,10). The molecule has 0 saturated carbocycles. The molecule has 0 amide bonds. The maximum Gasteiger partial charge on any atom is 0.313 e. The normalized spacial score (nSPS) is 9.86. The van der Waals surface area contributed by atoms with Crippen LogP contribution in [0.3, 0.4) is 0 Å². The van der Waals surface area contributed by atoms with Gasteiger partial charge in [-0.1, -0.05) is 0 Å². The Morgan fingerprint density at radius 2 is 2.36 bits per heavy atom. The first-order valence-corrected chi connectivity index (χ1v) is 4.10. The van der Waals surface area contributed by atoms with Crippen molar-refractivity contribution in [3.05, 3.63) is 21.9 Å². The van der Waals surface area contributed by atoms with E-state index in [0.717, 1.165) is 0 Å².